The third-order valence-corrected chi connectivity index (χ3v) is 7.46. The minimum atomic E-state index is -4.09. The highest BCUT2D eigenvalue weighted by Crippen LogP contribution is 2.37. The minimum absolute atomic E-state index is 0.108. The van der Waals surface area contributed by atoms with E-state index in [0.29, 0.717) is 30.2 Å². The number of rotatable bonds is 10. The van der Waals surface area contributed by atoms with Crippen LogP contribution in [0.4, 0.5) is 5.95 Å². The van der Waals surface area contributed by atoms with E-state index in [-0.39, 0.29) is 23.4 Å². The highest BCUT2D eigenvalue weighted by Gasteiger charge is 2.36. The first-order valence-corrected chi connectivity index (χ1v) is 12.7. The van der Waals surface area contributed by atoms with Crippen molar-refractivity contribution in [2.24, 2.45) is 0 Å². The zero-order chi connectivity index (χ0) is 25.9. The van der Waals surface area contributed by atoms with Gasteiger partial charge in [-0.15, -0.1) is 10.2 Å². The molecule has 1 saturated heterocycles. The molecule has 0 saturated carbocycles. The Hall–Kier alpha value is -3.43. The van der Waals surface area contributed by atoms with E-state index >= 15 is 0 Å². The predicted molar refractivity (Wildman–Crippen MR) is 127 cm³/mol. The van der Waals surface area contributed by atoms with Gasteiger partial charge in [-0.2, -0.15) is 9.97 Å². The first-order valence-electron chi connectivity index (χ1n) is 11.1. The van der Waals surface area contributed by atoms with Crippen LogP contribution in [0.5, 0.6) is 11.8 Å². The topological polar surface area (TPSA) is 165 Å². The van der Waals surface area contributed by atoms with Gasteiger partial charge in [-0.1, -0.05) is 0 Å². The molecule has 14 nitrogen and oxygen atoms in total. The van der Waals surface area contributed by atoms with Crippen LogP contribution in [0.3, 0.4) is 0 Å². The second-order valence-electron chi connectivity index (χ2n) is 8.05. The van der Waals surface area contributed by atoms with Crippen molar-refractivity contribution >= 4 is 16.0 Å². The van der Waals surface area contributed by atoms with Crippen LogP contribution in [-0.4, -0.2) is 76.3 Å². The second-order valence-corrected chi connectivity index (χ2v) is 10.1. The van der Waals surface area contributed by atoms with Gasteiger partial charge in [-0.25, -0.2) is 8.42 Å². The van der Waals surface area contributed by atoms with Gasteiger partial charge in [0.2, 0.25) is 27.7 Å². The molecule has 1 aliphatic rings. The molecule has 15 heteroatoms. The van der Waals surface area contributed by atoms with E-state index in [1.165, 1.54) is 45.3 Å². The molecule has 3 atom stereocenters. The molecule has 0 bridgehead atoms. The van der Waals surface area contributed by atoms with Crippen LogP contribution >= 0.6 is 0 Å². The van der Waals surface area contributed by atoms with Crippen LogP contribution in [-0.2, 0) is 19.5 Å². The van der Waals surface area contributed by atoms with Crippen molar-refractivity contribution in [3.8, 4) is 17.4 Å². The molecule has 3 aromatic heterocycles. The fourth-order valence-electron chi connectivity index (χ4n) is 3.90. The number of nitrogens with one attached hydrogen (secondary N) is 1. The van der Waals surface area contributed by atoms with Crippen molar-refractivity contribution in [3.63, 3.8) is 0 Å². The number of anilines is 1. The molecule has 194 valence electrons. The number of ether oxygens (including phenoxy) is 4. The van der Waals surface area contributed by atoms with Crippen molar-refractivity contribution in [1.29, 1.82) is 0 Å². The lowest BCUT2D eigenvalue weighted by molar-refractivity contribution is 0.0985. The van der Waals surface area contributed by atoms with E-state index in [4.69, 9.17) is 18.9 Å². The van der Waals surface area contributed by atoms with Gasteiger partial charge in [0.05, 0.1) is 31.8 Å². The van der Waals surface area contributed by atoms with Crippen LogP contribution < -0.4 is 14.2 Å². The van der Waals surface area contributed by atoms with Crippen LogP contribution in [0, 0.1) is 6.92 Å². The Labute approximate surface area is 208 Å². The summed E-state index contributed by atoms with van der Waals surface area (Å²) in [7, 11) is 0.177. The number of aromatic nitrogens is 7. The lowest BCUT2D eigenvalue weighted by Gasteiger charge is -2.23. The Balaban J connectivity index is 1.77. The molecule has 0 aromatic carbocycles. The van der Waals surface area contributed by atoms with E-state index in [9.17, 15) is 8.42 Å². The average molecular weight is 521 g/mol. The van der Waals surface area contributed by atoms with Crippen molar-refractivity contribution < 1.29 is 27.4 Å². The molecule has 0 unspecified atom stereocenters. The summed E-state index contributed by atoms with van der Waals surface area (Å²) in [5, 5.41) is 7.30. The summed E-state index contributed by atoms with van der Waals surface area (Å²) in [4.78, 5) is 16.8. The van der Waals surface area contributed by atoms with Gasteiger partial charge >= 0.3 is 0 Å². The molecule has 4 rings (SSSR count). The Bertz CT molecular complexity index is 1270. The maximum Gasteiger partial charge on any atom is 0.245 e. The summed E-state index contributed by atoms with van der Waals surface area (Å²) < 4.78 is 53.2. The molecule has 36 heavy (non-hydrogen) atoms. The van der Waals surface area contributed by atoms with Gasteiger partial charge in [0.25, 0.3) is 0 Å². The summed E-state index contributed by atoms with van der Waals surface area (Å²) in [6.45, 7) is 3.84. The normalized spacial score (nSPS) is 17.5. The number of methoxy groups -OCH3 is 3. The summed E-state index contributed by atoms with van der Waals surface area (Å²) in [5.41, 5.74) is 1.31. The third kappa shape index (κ3) is 4.94. The van der Waals surface area contributed by atoms with Crippen molar-refractivity contribution in [2.45, 2.75) is 44.1 Å². The molecular formula is C21H28N8O6S. The van der Waals surface area contributed by atoms with E-state index in [2.05, 4.69) is 34.9 Å². The fraction of sp³-hybridized carbons (Fsp3) is 0.524. The average Bonchev–Trinajstić information content (AvgIpc) is 3.54. The van der Waals surface area contributed by atoms with Gasteiger partial charge in [-0.3, -0.25) is 19.3 Å². The number of hydrogen-bond acceptors (Lipinski definition) is 12. The van der Waals surface area contributed by atoms with Crippen LogP contribution in [0.2, 0.25) is 0 Å². The maximum atomic E-state index is 13.5. The highest BCUT2D eigenvalue weighted by atomic mass is 32.2. The van der Waals surface area contributed by atoms with E-state index in [1.54, 1.807) is 13.1 Å². The Kier molecular flexibility index (Phi) is 7.61. The Morgan fingerprint density at radius 2 is 1.81 bits per heavy atom. The molecular weight excluding hydrogens is 492 g/mol. The predicted octanol–water partition coefficient (Wildman–Crippen LogP) is 1.54. The van der Waals surface area contributed by atoms with Crippen molar-refractivity contribution in [1.82, 2.24) is 34.7 Å². The lowest BCUT2D eigenvalue weighted by atomic mass is 10.2. The summed E-state index contributed by atoms with van der Waals surface area (Å²) >= 11 is 0. The smallest absolute Gasteiger partial charge is 0.245 e. The van der Waals surface area contributed by atoms with Gasteiger partial charge in [0.1, 0.15) is 23.8 Å². The first kappa shape index (κ1) is 25.7. The van der Waals surface area contributed by atoms with Crippen LogP contribution in [0.1, 0.15) is 49.2 Å². The zero-order valence-corrected chi connectivity index (χ0v) is 21.4. The quantitative estimate of drug-likeness (QED) is 0.410. The zero-order valence-electron chi connectivity index (χ0n) is 20.6. The maximum absolute atomic E-state index is 13.5. The molecule has 4 heterocycles. The molecule has 0 spiro atoms. The Morgan fingerprint density at radius 1 is 1.08 bits per heavy atom. The molecule has 0 aliphatic carbocycles. The second kappa shape index (κ2) is 10.7. The van der Waals surface area contributed by atoms with E-state index < -0.39 is 27.5 Å². The molecule has 3 aromatic rings. The molecule has 0 amide bonds. The standard InChI is InChI=1S/C21H28N8O6S/c1-12-9-23-14(10-22-12)17(32-3)13(2)36(30,31)28-21-27-26-18(15-7-6-8-35-15)29(21)16-19(33-4)24-11-25-20(16)34-5/h9-11,13,15,17H,6-8H2,1-5H3,(H,27,28)/t13-,15+,17-/m0/s1. The van der Waals surface area contributed by atoms with E-state index in [1.807, 2.05) is 0 Å². The molecule has 0 radical (unpaired) electrons. The number of nitrogens with zero attached hydrogens (tertiary/aromatic N) is 7. The number of hydrogen-bond donors (Lipinski definition) is 1. The van der Waals surface area contributed by atoms with Crippen LogP contribution in [0.15, 0.2) is 18.7 Å². The van der Waals surface area contributed by atoms with E-state index in [0.717, 1.165) is 6.42 Å². The lowest BCUT2D eigenvalue weighted by Crippen LogP contribution is -2.33. The van der Waals surface area contributed by atoms with Crippen LogP contribution in [0.25, 0.3) is 5.69 Å². The van der Waals surface area contributed by atoms with Gasteiger partial charge in [0.15, 0.2) is 11.5 Å². The summed E-state index contributed by atoms with van der Waals surface area (Å²) in [6, 6.07) is 0. The minimum Gasteiger partial charge on any atom is -0.479 e. The fourth-order valence-corrected chi connectivity index (χ4v) is 5.04. The largest absolute Gasteiger partial charge is 0.479 e. The van der Waals surface area contributed by atoms with Gasteiger partial charge in [-0.05, 0) is 26.7 Å². The number of aryl methyl sites for hydroxylation is 1. The highest BCUT2D eigenvalue weighted by molar-refractivity contribution is 7.93. The number of sulfonamides is 1. The molecule has 1 aliphatic heterocycles. The van der Waals surface area contributed by atoms with Crippen molar-refractivity contribution in [2.75, 3.05) is 32.7 Å². The monoisotopic (exact) mass is 520 g/mol. The SMILES string of the molecule is COc1ncnc(OC)c1-n1c(NS(=O)(=O)[C@@H](C)[C@H](OC)c2cnc(C)cn2)nnc1[C@H]1CCCO1. The molecule has 1 N–H and O–H groups in total. The molecule has 1 fully saturated rings. The summed E-state index contributed by atoms with van der Waals surface area (Å²) in [5.74, 6) is 0.527. The summed E-state index contributed by atoms with van der Waals surface area (Å²) in [6.07, 6.45) is 4.50. The Morgan fingerprint density at radius 3 is 2.36 bits per heavy atom. The van der Waals surface area contributed by atoms with Gasteiger partial charge in [0, 0.05) is 19.9 Å². The van der Waals surface area contributed by atoms with Crippen molar-refractivity contribution in [3.05, 3.63) is 35.9 Å². The van der Waals surface area contributed by atoms with Gasteiger partial charge < -0.3 is 18.9 Å². The first-order chi connectivity index (χ1) is 17.3. The third-order valence-electron chi connectivity index (χ3n) is 5.77.